The molecule has 0 aliphatic carbocycles. The van der Waals surface area contributed by atoms with Crippen molar-refractivity contribution in [1.29, 1.82) is 0 Å². The Morgan fingerprint density at radius 3 is 2.90 bits per heavy atom. The van der Waals surface area contributed by atoms with E-state index >= 15 is 0 Å². The zero-order chi connectivity index (χ0) is 14.1. The average Bonchev–Trinajstić information content (AvgIpc) is 3.06. The summed E-state index contributed by atoms with van der Waals surface area (Å²) >= 11 is 1.76. The molecule has 1 aliphatic heterocycles. The number of aliphatic imine (C=N–C) groups is 1. The summed E-state index contributed by atoms with van der Waals surface area (Å²) in [7, 11) is 0. The van der Waals surface area contributed by atoms with Gasteiger partial charge in [-0.25, -0.2) is 0 Å². The van der Waals surface area contributed by atoms with E-state index in [0.717, 1.165) is 13.1 Å². The molecule has 1 aliphatic rings. The highest BCUT2D eigenvalue weighted by molar-refractivity contribution is 7.09. The Morgan fingerprint density at radius 1 is 1.30 bits per heavy atom. The van der Waals surface area contributed by atoms with Gasteiger partial charge in [0, 0.05) is 4.88 Å². The van der Waals surface area contributed by atoms with Crippen LogP contribution in [-0.4, -0.2) is 17.4 Å². The van der Waals surface area contributed by atoms with Crippen LogP contribution in [0.5, 0.6) is 0 Å². The molecule has 0 spiro atoms. The van der Waals surface area contributed by atoms with Gasteiger partial charge in [-0.15, -0.1) is 11.3 Å². The molecule has 20 heavy (non-hydrogen) atoms. The monoisotopic (exact) mass is 285 g/mol. The lowest BCUT2D eigenvalue weighted by atomic mass is 9.97. The van der Waals surface area contributed by atoms with Crippen LogP contribution in [0.25, 0.3) is 0 Å². The molecule has 1 unspecified atom stereocenters. The van der Waals surface area contributed by atoms with E-state index in [1.165, 1.54) is 21.6 Å². The quantitative estimate of drug-likeness (QED) is 0.940. The third-order valence-electron chi connectivity index (χ3n) is 4.01. The number of nitrogens with zero attached hydrogens (tertiary/aromatic N) is 2. The number of rotatable bonds is 3. The third kappa shape index (κ3) is 2.31. The summed E-state index contributed by atoms with van der Waals surface area (Å²) < 4.78 is 0. The van der Waals surface area contributed by atoms with E-state index in [0.29, 0.717) is 5.96 Å². The van der Waals surface area contributed by atoms with Gasteiger partial charge in [0.25, 0.3) is 0 Å². The summed E-state index contributed by atoms with van der Waals surface area (Å²) in [6.07, 6.45) is 0. The zero-order valence-corrected chi connectivity index (χ0v) is 12.7. The van der Waals surface area contributed by atoms with Crippen LogP contribution >= 0.6 is 11.3 Å². The van der Waals surface area contributed by atoms with Crippen LogP contribution in [0.2, 0.25) is 0 Å². The summed E-state index contributed by atoms with van der Waals surface area (Å²) in [5, 5.41) is 2.10. The van der Waals surface area contributed by atoms with Gasteiger partial charge in [-0.3, -0.25) is 4.99 Å². The molecule has 0 saturated heterocycles. The summed E-state index contributed by atoms with van der Waals surface area (Å²) in [5.41, 5.74) is 10.1. The van der Waals surface area contributed by atoms with Gasteiger partial charge in [0.1, 0.15) is 0 Å². The van der Waals surface area contributed by atoms with Gasteiger partial charge in [0.2, 0.25) is 0 Å². The van der Waals surface area contributed by atoms with E-state index in [2.05, 4.69) is 59.5 Å². The summed E-state index contributed by atoms with van der Waals surface area (Å²) in [6, 6.07) is 11.0. The Morgan fingerprint density at radius 2 is 2.15 bits per heavy atom. The minimum atomic E-state index is 0.261. The number of guanidine groups is 1. The van der Waals surface area contributed by atoms with Gasteiger partial charge in [-0.2, -0.15) is 0 Å². The first kappa shape index (κ1) is 13.2. The number of hydrogen-bond donors (Lipinski definition) is 1. The van der Waals surface area contributed by atoms with Crippen molar-refractivity contribution in [2.24, 2.45) is 10.7 Å². The smallest absolute Gasteiger partial charge is 0.192 e. The summed E-state index contributed by atoms with van der Waals surface area (Å²) in [4.78, 5) is 7.99. The molecule has 3 nitrogen and oxygen atoms in total. The van der Waals surface area contributed by atoms with Crippen molar-refractivity contribution in [2.75, 3.05) is 6.54 Å². The van der Waals surface area contributed by atoms with Crippen LogP contribution in [0.1, 0.15) is 27.6 Å². The van der Waals surface area contributed by atoms with Crippen LogP contribution in [0.15, 0.2) is 40.7 Å². The molecular formula is C16H19N3S. The number of benzene rings is 1. The Bertz CT molecular complexity index is 631. The first-order chi connectivity index (χ1) is 9.66. The first-order valence-corrected chi connectivity index (χ1v) is 7.70. The molecule has 0 saturated carbocycles. The lowest BCUT2D eigenvalue weighted by Gasteiger charge is -2.27. The van der Waals surface area contributed by atoms with Gasteiger partial charge < -0.3 is 10.6 Å². The van der Waals surface area contributed by atoms with Crippen molar-refractivity contribution < 1.29 is 0 Å². The minimum Gasteiger partial charge on any atom is -0.370 e. The predicted molar refractivity (Wildman–Crippen MR) is 85.0 cm³/mol. The maximum Gasteiger partial charge on any atom is 0.192 e. The SMILES string of the molecule is Cc1cccc(C2CN=C(N)N2Cc2cccs2)c1C. The lowest BCUT2D eigenvalue weighted by molar-refractivity contribution is 0.342. The number of hydrogen-bond acceptors (Lipinski definition) is 4. The van der Waals surface area contributed by atoms with Crippen molar-refractivity contribution in [2.45, 2.75) is 26.4 Å². The zero-order valence-electron chi connectivity index (χ0n) is 11.8. The molecular weight excluding hydrogens is 266 g/mol. The summed E-state index contributed by atoms with van der Waals surface area (Å²) in [6.45, 7) is 5.93. The predicted octanol–water partition coefficient (Wildman–Crippen LogP) is 3.24. The van der Waals surface area contributed by atoms with Crippen molar-refractivity contribution in [3.05, 3.63) is 57.3 Å². The van der Waals surface area contributed by atoms with E-state index in [-0.39, 0.29) is 6.04 Å². The topological polar surface area (TPSA) is 41.6 Å². The molecule has 2 heterocycles. The Balaban J connectivity index is 1.91. The van der Waals surface area contributed by atoms with E-state index in [9.17, 15) is 0 Å². The van der Waals surface area contributed by atoms with Gasteiger partial charge in [0.15, 0.2) is 5.96 Å². The fraction of sp³-hybridized carbons (Fsp3) is 0.312. The molecule has 0 radical (unpaired) electrons. The largest absolute Gasteiger partial charge is 0.370 e. The number of thiophene rings is 1. The average molecular weight is 285 g/mol. The molecule has 4 heteroatoms. The van der Waals surface area contributed by atoms with Gasteiger partial charge >= 0.3 is 0 Å². The fourth-order valence-electron chi connectivity index (χ4n) is 2.69. The van der Waals surface area contributed by atoms with Gasteiger partial charge in [-0.1, -0.05) is 24.3 Å². The van der Waals surface area contributed by atoms with Crippen LogP contribution < -0.4 is 5.73 Å². The van der Waals surface area contributed by atoms with Gasteiger partial charge in [0.05, 0.1) is 19.1 Å². The minimum absolute atomic E-state index is 0.261. The van der Waals surface area contributed by atoms with Crippen LogP contribution in [0, 0.1) is 13.8 Å². The highest BCUT2D eigenvalue weighted by Crippen LogP contribution is 2.31. The molecule has 2 N–H and O–H groups in total. The van der Waals surface area contributed by atoms with Crippen LogP contribution in [-0.2, 0) is 6.54 Å². The molecule has 2 aromatic rings. The molecule has 1 atom stereocenters. The standard InChI is InChI=1S/C16H19N3S/c1-11-5-3-7-14(12(11)2)15-9-18-16(17)19(15)10-13-6-4-8-20-13/h3-8,15H,9-10H2,1-2H3,(H2,17,18). The van der Waals surface area contributed by atoms with E-state index in [1.807, 2.05) is 0 Å². The van der Waals surface area contributed by atoms with Crippen molar-refractivity contribution in [3.8, 4) is 0 Å². The molecule has 1 aromatic heterocycles. The Hall–Kier alpha value is -1.81. The Kier molecular flexibility index (Phi) is 3.49. The molecule has 1 aromatic carbocycles. The third-order valence-corrected chi connectivity index (χ3v) is 4.87. The maximum absolute atomic E-state index is 6.09. The van der Waals surface area contributed by atoms with Crippen molar-refractivity contribution in [3.63, 3.8) is 0 Å². The normalized spacial score (nSPS) is 18.4. The highest BCUT2D eigenvalue weighted by Gasteiger charge is 2.28. The number of aryl methyl sites for hydroxylation is 1. The molecule has 104 valence electrons. The second-order valence-electron chi connectivity index (χ2n) is 5.21. The van der Waals surface area contributed by atoms with Crippen molar-refractivity contribution >= 4 is 17.3 Å². The Labute approximate surface area is 123 Å². The molecule has 0 bridgehead atoms. The molecule has 0 fully saturated rings. The van der Waals surface area contributed by atoms with Crippen LogP contribution in [0.3, 0.4) is 0 Å². The first-order valence-electron chi connectivity index (χ1n) is 6.82. The van der Waals surface area contributed by atoms with Gasteiger partial charge in [-0.05, 0) is 42.0 Å². The summed E-state index contributed by atoms with van der Waals surface area (Å²) in [5.74, 6) is 0.657. The maximum atomic E-state index is 6.09. The van der Waals surface area contributed by atoms with Crippen LogP contribution in [0.4, 0.5) is 0 Å². The number of nitrogens with two attached hydrogens (primary N) is 1. The molecule has 0 amide bonds. The van der Waals surface area contributed by atoms with E-state index < -0.39 is 0 Å². The second-order valence-corrected chi connectivity index (χ2v) is 6.24. The highest BCUT2D eigenvalue weighted by atomic mass is 32.1. The molecule has 3 rings (SSSR count). The van der Waals surface area contributed by atoms with E-state index in [1.54, 1.807) is 11.3 Å². The van der Waals surface area contributed by atoms with E-state index in [4.69, 9.17) is 5.73 Å². The fourth-order valence-corrected chi connectivity index (χ4v) is 3.39. The second kappa shape index (κ2) is 5.29. The lowest BCUT2D eigenvalue weighted by Crippen LogP contribution is -2.35. The van der Waals surface area contributed by atoms with Crippen molar-refractivity contribution in [1.82, 2.24) is 4.90 Å².